The molecule has 0 bridgehead atoms. The Bertz CT molecular complexity index is 1030. The van der Waals surface area contributed by atoms with E-state index in [9.17, 15) is 4.79 Å². The molecule has 0 aliphatic heterocycles. The van der Waals surface area contributed by atoms with Crippen molar-refractivity contribution in [3.8, 4) is 11.1 Å². The van der Waals surface area contributed by atoms with Crippen molar-refractivity contribution < 1.29 is 4.79 Å². The zero-order valence-corrected chi connectivity index (χ0v) is 16.9. The third-order valence-corrected chi connectivity index (χ3v) is 5.37. The van der Waals surface area contributed by atoms with Crippen LogP contribution in [0, 0.1) is 0 Å². The predicted octanol–water partition coefficient (Wildman–Crippen LogP) is 2.40. The van der Waals surface area contributed by atoms with Gasteiger partial charge in [0.25, 0.3) is 5.91 Å². The Kier molecular flexibility index (Phi) is 5.62. The van der Waals surface area contributed by atoms with Crippen molar-refractivity contribution in [2.75, 3.05) is 10.6 Å². The van der Waals surface area contributed by atoms with E-state index in [4.69, 9.17) is 11.5 Å². The number of carbonyl (C=O) groups is 1. The van der Waals surface area contributed by atoms with Crippen LogP contribution in [0.4, 0.5) is 17.5 Å². The quantitative estimate of drug-likeness (QED) is 0.493. The summed E-state index contributed by atoms with van der Waals surface area (Å²) in [6, 6.07) is 7.97. The first-order valence-electron chi connectivity index (χ1n) is 10.0. The molecule has 2 atom stereocenters. The molecule has 0 unspecified atom stereocenters. The summed E-state index contributed by atoms with van der Waals surface area (Å²) in [5, 5.41) is 10.7. The van der Waals surface area contributed by atoms with E-state index in [2.05, 4.69) is 25.7 Å². The van der Waals surface area contributed by atoms with E-state index in [-0.39, 0.29) is 17.6 Å². The van der Waals surface area contributed by atoms with Gasteiger partial charge in [-0.05, 0) is 30.5 Å². The van der Waals surface area contributed by atoms with Crippen LogP contribution >= 0.6 is 0 Å². The number of rotatable bonds is 6. The number of nitrogens with two attached hydrogens (primary N) is 2. The van der Waals surface area contributed by atoms with Gasteiger partial charge >= 0.3 is 0 Å². The van der Waals surface area contributed by atoms with Crippen molar-refractivity contribution in [1.29, 1.82) is 0 Å². The van der Waals surface area contributed by atoms with E-state index in [1.54, 1.807) is 4.68 Å². The summed E-state index contributed by atoms with van der Waals surface area (Å²) >= 11 is 0. The van der Waals surface area contributed by atoms with Gasteiger partial charge in [-0.15, -0.1) is 0 Å². The van der Waals surface area contributed by atoms with Crippen LogP contribution in [0.1, 0.15) is 36.0 Å². The highest BCUT2D eigenvalue weighted by molar-refractivity contribution is 5.98. The number of hydrogen-bond acceptors (Lipinski definition) is 7. The molecule has 156 valence electrons. The predicted molar refractivity (Wildman–Crippen MR) is 116 cm³/mol. The van der Waals surface area contributed by atoms with Gasteiger partial charge in [-0.25, -0.2) is 4.98 Å². The van der Waals surface area contributed by atoms with E-state index in [0.29, 0.717) is 11.8 Å². The van der Waals surface area contributed by atoms with Gasteiger partial charge in [-0.3, -0.25) is 9.48 Å². The third-order valence-electron chi connectivity index (χ3n) is 5.37. The maximum absolute atomic E-state index is 11.9. The largest absolute Gasteiger partial charge is 0.365 e. The van der Waals surface area contributed by atoms with Crippen molar-refractivity contribution in [2.45, 2.75) is 37.8 Å². The fourth-order valence-corrected chi connectivity index (χ4v) is 3.68. The number of primary amides is 1. The van der Waals surface area contributed by atoms with Gasteiger partial charge in [0.2, 0.25) is 5.95 Å². The number of hydrogen-bond donors (Lipinski definition) is 4. The first-order valence-corrected chi connectivity index (χ1v) is 10.0. The molecule has 1 saturated carbocycles. The van der Waals surface area contributed by atoms with Gasteiger partial charge < -0.3 is 22.1 Å². The summed E-state index contributed by atoms with van der Waals surface area (Å²) in [7, 11) is 1.88. The number of nitrogens with one attached hydrogen (secondary N) is 2. The normalized spacial score (nSPS) is 18.7. The molecule has 30 heavy (non-hydrogen) atoms. The van der Waals surface area contributed by atoms with Crippen LogP contribution in [-0.2, 0) is 7.05 Å². The lowest BCUT2D eigenvalue weighted by molar-refractivity contribution is 0.100. The molecule has 1 aliphatic carbocycles. The van der Waals surface area contributed by atoms with Gasteiger partial charge in [-0.1, -0.05) is 25.0 Å². The molecule has 0 spiro atoms. The number of benzene rings is 1. The SMILES string of the molecule is Cn1cc(-c2ccc(Nc3nc(N[C@@H]4CCCC[C@@H]4N)ncc3C(N)=O)cc2)cn1. The topological polar surface area (TPSA) is 137 Å². The van der Waals surface area contributed by atoms with Crippen LogP contribution in [0.25, 0.3) is 11.1 Å². The molecule has 0 radical (unpaired) electrons. The minimum absolute atomic E-state index is 0.0644. The van der Waals surface area contributed by atoms with Gasteiger partial charge in [0.15, 0.2) is 0 Å². The number of amides is 1. The zero-order chi connectivity index (χ0) is 21.1. The minimum Gasteiger partial charge on any atom is -0.365 e. The van der Waals surface area contributed by atoms with Gasteiger partial charge in [0, 0.05) is 42.8 Å². The van der Waals surface area contributed by atoms with Crippen molar-refractivity contribution >= 4 is 23.4 Å². The molecule has 1 aliphatic rings. The second kappa shape index (κ2) is 8.50. The van der Waals surface area contributed by atoms with Crippen molar-refractivity contribution in [1.82, 2.24) is 19.7 Å². The van der Waals surface area contributed by atoms with Crippen LogP contribution in [0.2, 0.25) is 0 Å². The Hall–Kier alpha value is -3.46. The Morgan fingerprint density at radius 3 is 2.57 bits per heavy atom. The van der Waals surface area contributed by atoms with E-state index >= 15 is 0 Å². The Morgan fingerprint density at radius 2 is 1.90 bits per heavy atom. The number of aryl methyl sites for hydroxylation is 1. The van der Waals surface area contributed by atoms with E-state index < -0.39 is 5.91 Å². The third kappa shape index (κ3) is 4.41. The molecule has 2 aromatic heterocycles. The van der Waals surface area contributed by atoms with Gasteiger partial charge in [0.1, 0.15) is 11.4 Å². The molecule has 1 aromatic carbocycles. The zero-order valence-electron chi connectivity index (χ0n) is 16.9. The number of aromatic nitrogens is 4. The fourth-order valence-electron chi connectivity index (χ4n) is 3.68. The lowest BCUT2D eigenvalue weighted by Gasteiger charge is -2.29. The summed E-state index contributed by atoms with van der Waals surface area (Å²) in [5.41, 5.74) is 14.8. The van der Waals surface area contributed by atoms with Gasteiger partial charge in [-0.2, -0.15) is 10.1 Å². The first-order chi connectivity index (χ1) is 14.5. The summed E-state index contributed by atoms with van der Waals surface area (Å²) < 4.78 is 1.76. The average Bonchev–Trinajstić information content (AvgIpc) is 3.17. The Labute approximate surface area is 174 Å². The van der Waals surface area contributed by atoms with Crippen LogP contribution in [0.3, 0.4) is 0 Å². The molecule has 1 amide bonds. The number of nitrogens with zero attached hydrogens (tertiary/aromatic N) is 4. The average molecular weight is 406 g/mol. The Balaban J connectivity index is 1.55. The Morgan fingerprint density at radius 1 is 1.13 bits per heavy atom. The summed E-state index contributed by atoms with van der Waals surface area (Å²) in [6.45, 7) is 0. The second-order valence-corrected chi connectivity index (χ2v) is 7.62. The number of carbonyl (C=O) groups excluding carboxylic acids is 1. The maximum atomic E-state index is 11.9. The van der Waals surface area contributed by atoms with Crippen molar-refractivity contribution in [3.63, 3.8) is 0 Å². The molecule has 0 saturated heterocycles. The molecular formula is C21H26N8O. The molecule has 3 aromatic rings. The van der Waals surface area contributed by atoms with Crippen LogP contribution in [-0.4, -0.2) is 37.7 Å². The highest BCUT2D eigenvalue weighted by atomic mass is 16.1. The standard InChI is InChI=1S/C21H26N8O/c1-29-12-14(10-25-29)13-6-8-15(9-7-13)26-20-16(19(23)30)11-24-21(28-20)27-18-5-3-2-4-17(18)22/h6-12,17-18H,2-5,22H2,1H3,(H2,23,30)(H2,24,26,27,28)/t17-,18+/m0/s1. The van der Waals surface area contributed by atoms with Crippen LogP contribution < -0.4 is 22.1 Å². The highest BCUT2D eigenvalue weighted by Gasteiger charge is 2.23. The van der Waals surface area contributed by atoms with Crippen molar-refractivity contribution in [3.05, 3.63) is 48.4 Å². The lowest BCUT2D eigenvalue weighted by atomic mass is 9.91. The maximum Gasteiger partial charge on any atom is 0.254 e. The first kappa shape index (κ1) is 19.8. The number of anilines is 3. The summed E-state index contributed by atoms with van der Waals surface area (Å²) in [5.74, 6) is 0.195. The fraction of sp³-hybridized carbons (Fsp3) is 0.333. The van der Waals surface area contributed by atoms with E-state index in [1.165, 1.54) is 6.20 Å². The van der Waals surface area contributed by atoms with Gasteiger partial charge in [0.05, 0.1) is 6.20 Å². The molecular weight excluding hydrogens is 380 g/mol. The molecule has 4 rings (SSSR count). The molecule has 2 heterocycles. The molecule has 9 heteroatoms. The lowest BCUT2D eigenvalue weighted by Crippen LogP contribution is -2.43. The summed E-state index contributed by atoms with van der Waals surface area (Å²) in [4.78, 5) is 20.6. The monoisotopic (exact) mass is 406 g/mol. The van der Waals surface area contributed by atoms with Crippen molar-refractivity contribution in [2.24, 2.45) is 18.5 Å². The second-order valence-electron chi connectivity index (χ2n) is 7.62. The molecule has 1 fully saturated rings. The van der Waals surface area contributed by atoms with Crippen LogP contribution in [0.15, 0.2) is 42.9 Å². The molecule has 6 N–H and O–H groups in total. The highest BCUT2D eigenvalue weighted by Crippen LogP contribution is 2.25. The minimum atomic E-state index is -0.592. The summed E-state index contributed by atoms with van der Waals surface area (Å²) in [6.07, 6.45) is 9.42. The molecule has 9 nitrogen and oxygen atoms in total. The van der Waals surface area contributed by atoms with E-state index in [1.807, 2.05) is 43.7 Å². The van der Waals surface area contributed by atoms with E-state index in [0.717, 1.165) is 42.5 Å². The van der Waals surface area contributed by atoms with Crippen LogP contribution in [0.5, 0.6) is 0 Å². The smallest absolute Gasteiger partial charge is 0.254 e.